The van der Waals surface area contributed by atoms with E-state index in [9.17, 15) is 4.39 Å². The summed E-state index contributed by atoms with van der Waals surface area (Å²) in [5.41, 5.74) is 0.883. The number of nitrogens with zero attached hydrogens (tertiary/aromatic N) is 2. The van der Waals surface area contributed by atoms with E-state index >= 15 is 0 Å². The minimum atomic E-state index is -0.428. The number of ether oxygens (including phenoxy) is 1. The Morgan fingerprint density at radius 3 is 3.07 bits per heavy atom. The number of hydrogen-bond donors (Lipinski definition) is 0. The second kappa shape index (κ2) is 3.92. The lowest BCUT2D eigenvalue weighted by atomic mass is 10.1. The highest BCUT2D eigenvalue weighted by molar-refractivity contribution is 5.47. The Morgan fingerprint density at radius 2 is 2.43 bits per heavy atom. The lowest BCUT2D eigenvalue weighted by molar-refractivity contribution is 0.0430. The molecule has 2 rings (SSSR count). The Labute approximate surface area is 82.5 Å². The van der Waals surface area contributed by atoms with E-state index < -0.39 is 5.95 Å². The number of rotatable bonds is 3. The third kappa shape index (κ3) is 1.85. The first-order chi connectivity index (χ1) is 6.79. The molecular weight excluding hydrogens is 183 g/mol. The van der Waals surface area contributed by atoms with Crippen LogP contribution in [0.25, 0.3) is 0 Å². The van der Waals surface area contributed by atoms with Crippen LogP contribution in [0.15, 0.2) is 18.3 Å². The van der Waals surface area contributed by atoms with Crippen molar-refractivity contribution in [2.45, 2.75) is 13.0 Å². The zero-order valence-corrected chi connectivity index (χ0v) is 8.11. The molecule has 0 aliphatic carbocycles. The highest BCUT2D eigenvalue weighted by atomic mass is 19.1. The SMILES string of the molecule is CCOC1CN(c2ccnc(F)c2)C1. The average molecular weight is 196 g/mol. The van der Waals surface area contributed by atoms with Crippen molar-refractivity contribution in [2.75, 3.05) is 24.6 Å². The molecule has 0 atom stereocenters. The summed E-state index contributed by atoms with van der Waals surface area (Å²) >= 11 is 0. The molecule has 4 heteroatoms. The Hall–Kier alpha value is -1.16. The van der Waals surface area contributed by atoms with E-state index in [1.165, 1.54) is 12.3 Å². The largest absolute Gasteiger partial charge is 0.375 e. The van der Waals surface area contributed by atoms with Gasteiger partial charge in [0.2, 0.25) is 5.95 Å². The average Bonchev–Trinajstić information content (AvgIpc) is 2.10. The highest BCUT2D eigenvalue weighted by Gasteiger charge is 2.27. The van der Waals surface area contributed by atoms with Crippen molar-refractivity contribution in [3.63, 3.8) is 0 Å². The number of aromatic nitrogens is 1. The van der Waals surface area contributed by atoms with Gasteiger partial charge in [0.25, 0.3) is 0 Å². The molecule has 1 aliphatic rings. The molecule has 0 spiro atoms. The summed E-state index contributed by atoms with van der Waals surface area (Å²) in [6, 6.07) is 3.26. The zero-order chi connectivity index (χ0) is 9.97. The number of hydrogen-bond acceptors (Lipinski definition) is 3. The third-order valence-electron chi connectivity index (χ3n) is 2.33. The summed E-state index contributed by atoms with van der Waals surface area (Å²) in [6.07, 6.45) is 1.79. The van der Waals surface area contributed by atoms with Crippen LogP contribution < -0.4 is 4.90 Å². The lowest BCUT2D eigenvalue weighted by Crippen LogP contribution is -2.52. The molecule has 0 radical (unpaired) electrons. The molecular formula is C10H13FN2O. The first-order valence-electron chi connectivity index (χ1n) is 4.77. The molecule has 76 valence electrons. The van der Waals surface area contributed by atoms with Crippen molar-refractivity contribution in [1.82, 2.24) is 4.98 Å². The molecule has 1 saturated heterocycles. The monoisotopic (exact) mass is 196 g/mol. The van der Waals surface area contributed by atoms with Crippen molar-refractivity contribution in [1.29, 1.82) is 0 Å². The number of anilines is 1. The summed E-state index contributed by atoms with van der Waals surface area (Å²) in [5, 5.41) is 0. The molecule has 1 fully saturated rings. The van der Waals surface area contributed by atoms with Gasteiger partial charge < -0.3 is 9.64 Å². The van der Waals surface area contributed by atoms with Gasteiger partial charge in [-0.05, 0) is 13.0 Å². The summed E-state index contributed by atoms with van der Waals surface area (Å²) in [5.74, 6) is -0.428. The smallest absolute Gasteiger partial charge is 0.214 e. The Kier molecular flexibility index (Phi) is 2.63. The maximum Gasteiger partial charge on any atom is 0.214 e. The van der Waals surface area contributed by atoms with Crippen molar-refractivity contribution in [3.8, 4) is 0 Å². The fraction of sp³-hybridized carbons (Fsp3) is 0.500. The van der Waals surface area contributed by atoms with Gasteiger partial charge in [0.1, 0.15) is 0 Å². The van der Waals surface area contributed by atoms with E-state index in [-0.39, 0.29) is 0 Å². The summed E-state index contributed by atoms with van der Waals surface area (Å²) in [4.78, 5) is 5.59. The third-order valence-corrected chi connectivity index (χ3v) is 2.33. The first kappa shape index (κ1) is 9.40. The minimum Gasteiger partial charge on any atom is -0.375 e. The van der Waals surface area contributed by atoms with Crippen molar-refractivity contribution >= 4 is 5.69 Å². The van der Waals surface area contributed by atoms with Crippen LogP contribution in [0.2, 0.25) is 0 Å². The highest BCUT2D eigenvalue weighted by Crippen LogP contribution is 2.21. The maximum absolute atomic E-state index is 12.8. The fourth-order valence-corrected chi connectivity index (χ4v) is 1.58. The van der Waals surface area contributed by atoms with Crippen LogP contribution >= 0.6 is 0 Å². The number of halogens is 1. The summed E-state index contributed by atoms with van der Waals surface area (Å²) < 4.78 is 18.2. The van der Waals surface area contributed by atoms with Crippen LogP contribution in [-0.4, -0.2) is 30.8 Å². The molecule has 0 aromatic carbocycles. The lowest BCUT2D eigenvalue weighted by Gasteiger charge is -2.40. The minimum absolute atomic E-state index is 0.302. The van der Waals surface area contributed by atoms with Gasteiger partial charge in [-0.15, -0.1) is 0 Å². The zero-order valence-electron chi connectivity index (χ0n) is 8.11. The van der Waals surface area contributed by atoms with Crippen LogP contribution in [0.3, 0.4) is 0 Å². The van der Waals surface area contributed by atoms with E-state index in [4.69, 9.17) is 4.74 Å². The molecule has 0 N–H and O–H groups in total. The molecule has 0 amide bonds. The first-order valence-corrected chi connectivity index (χ1v) is 4.77. The van der Waals surface area contributed by atoms with Gasteiger partial charge in [-0.1, -0.05) is 0 Å². The molecule has 3 nitrogen and oxygen atoms in total. The molecule has 0 saturated carbocycles. The quantitative estimate of drug-likeness (QED) is 0.684. The molecule has 0 unspecified atom stereocenters. The van der Waals surface area contributed by atoms with Gasteiger partial charge >= 0.3 is 0 Å². The van der Waals surface area contributed by atoms with Crippen LogP contribution in [-0.2, 0) is 4.74 Å². The van der Waals surface area contributed by atoms with Crippen LogP contribution in [0.1, 0.15) is 6.92 Å². The second-order valence-electron chi connectivity index (χ2n) is 3.32. The molecule has 2 heterocycles. The van der Waals surface area contributed by atoms with Crippen molar-refractivity contribution in [2.24, 2.45) is 0 Å². The molecule has 0 bridgehead atoms. The predicted octanol–water partition coefficient (Wildman–Crippen LogP) is 1.45. The fourth-order valence-electron chi connectivity index (χ4n) is 1.58. The summed E-state index contributed by atoms with van der Waals surface area (Å²) in [7, 11) is 0. The van der Waals surface area contributed by atoms with Crippen LogP contribution in [0.4, 0.5) is 10.1 Å². The Bertz CT molecular complexity index is 313. The molecule has 14 heavy (non-hydrogen) atoms. The van der Waals surface area contributed by atoms with Gasteiger partial charge in [0, 0.05) is 37.6 Å². The Balaban J connectivity index is 1.93. The van der Waals surface area contributed by atoms with Gasteiger partial charge in [-0.25, -0.2) is 4.98 Å². The van der Waals surface area contributed by atoms with Crippen molar-refractivity contribution in [3.05, 3.63) is 24.3 Å². The Morgan fingerprint density at radius 1 is 1.64 bits per heavy atom. The van der Waals surface area contributed by atoms with Crippen molar-refractivity contribution < 1.29 is 9.13 Å². The predicted molar refractivity (Wildman–Crippen MR) is 51.8 cm³/mol. The topological polar surface area (TPSA) is 25.4 Å². The standard InChI is InChI=1S/C10H13FN2O/c1-2-14-9-6-13(7-9)8-3-4-12-10(11)5-8/h3-5,9H,2,6-7H2,1H3. The van der Waals surface area contributed by atoms with Gasteiger partial charge in [0.05, 0.1) is 6.10 Å². The van der Waals surface area contributed by atoms with E-state index in [1.54, 1.807) is 0 Å². The van der Waals surface area contributed by atoms with E-state index in [2.05, 4.69) is 9.88 Å². The normalized spacial score (nSPS) is 16.9. The second-order valence-corrected chi connectivity index (χ2v) is 3.32. The van der Waals surface area contributed by atoms with Gasteiger partial charge in [0.15, 0.2) is 0 Å². The summed E-state index contributed by atoms with van der Waals surface area (Å²) in [6.45, 7) is 4.41. The van der Waals surface area contributed by atoms with Gasteiger partial charge in [-0.2, -0.15) is 4.39 Å². The molecule has 1 aromatic heterocycles. The molecule has 1 aromatic rings. The maximum atomic E-state index is 12.8. The van der Waals surface area contributed by atoms with E-state index in [0.29, 0.717) is 6.10 Å². The molecule has 1 aliphatic heterocycles. The van der Waals surface area contributed by atoms with E-state index in [0.717, 1.165) is 25.4 Å². The van der Waals surface area contributed by atoms with Crippen LogP contribution in [0.5, 0.6) is 0 Å². The van der Waals surface area contributed by atoms with Crippen LogP contribution in [0, 0.1) is 5.95 Å². The van der Waals surface area contributed by atoms with E-state index in [1.807, 2.05) is 13.0 Å². The number of pyridine rings is 1. The van der Waals surface area contributed by atoms with Gasteiger partial charge in [-0.3, -0.25) is 0 Å².